The van der Waals surface area contributed by atoms with Gasteiger partial charge in [-0.25, -0.2) is 0 Å². The van der Waals surface area contributed by atoms with Gasteiger partial charge in [0.1, 0.15) is 6.33 Å². The van der Waals surface area contributed by atoms with Crippen molar-refractivity contribution in [1.82, 2.24) is 24.8 Å². The van der Waals surface area contributed by atoms with Crippen LogP contribution in [-0.4, -0.2) is 39.5 Å². The molecule has 3 heterocycles. The van der Waals surface area contributed by atoms with E-state index in [1.165, 1.54) is 4.88 Å². The Hall–Kier alpha value is -2.25. The number of thiophene rings is 1. The Morgan fingerprint density at radius 1 is 1.27 bits per heavy atom. The van der Waals surface area contributed by atoms with E-state index in [2.05, 4.69) is 32.5 Å². The third-order valence-electron chi connectivity index (χ3n) is 3.17. The lowest BCUT2D eigenvalue weighted by Crippen LogP contribution is -2.22. The van der Waals surface area contributed by atoms with Crippen LogP contribution in [0.1, 0.15) is 20.1 Å². The fourth-order valence-electron chi connectivity index (χ4n) is 2.15. The van der Waals surface area contributed by atoms with Crippen molar-refractivity contribution >= 4 is 22.9 Å². The molecular weight excluding hydrogens is 298 g/mol. The van der Waals surface area contributed by atoms with E-state index in [1.807, 2.05) is 14.1 Å². The van der Waals surface area contributed by atoms with E-state index < -0.39 is 0 Å². The van der Waals surface area contributed by atoms with Crippen LogP contribution in [0.2, 0.25) is 0 Å². The summed E-state index contributed by atoms with van der Waals surface area (Å²) in [6.07, 6.45) is 3.31. The molecule has 6 nitrogen and oxygen atoms in total. The molecule has 0 aliphatic rings. The van der Waals surface area contributed by atoms with Crippen LogP contribution in [0.25, 0.3) is 5.65 Å². The van der Waals surface area contributed by atoms with Crippen molar-refractivity contribution in [3.05, 3.63) is 52.1 Å². The Kier molecular flexibility index (Phi) is 4.17. The van der Waals surface area contributed by atoms with E-state index in [1.54, 1.807) is 40.4 Å². The van der Waals surface area contributed by atoms with E-state index in [9.17, 15) is 4.79 Å². The van der Waals surface area contributed by atoms with Crippen LogP contribution in [0.4, 0.5) is 0 Å². The van der Waals surface area contributed by atoms with Gasteiger partial charge in [0.15, 0.2) is 5.65 Å². The van der Waals surface area contributed by atoms with Crippen molar-refractivity contribution in [3.8, 4) is 0 Å². The van der Waals surface area contributed by atoms with Gasteiger partial charge in [-0.1, -0.05) is 0 Å². The summed E-state index contributed by atoms with van der Waals surface area (Å²) in [6.45, 7) is 1.46. The zero-order valence-electron chi connectivity index (χ0n) is 12.5. The maximum Gasteiger partial charge on any atom is 0.253 e. The Morgan fingerprint density at radius 3 is 2.91 bits per heavy atom. The molecule has 0 aromatic carbocycles. The summed E-state index contributed by atoms with van der Waals surface area (Å²) in [5.74, 6) is -0.0989. The standard InChI is InChI=1S/C15H17N5OS/c1-19(2)9-13-5-4-12(22-13)7-16-15(21)11-3-6-14-18-17-10-20(14)8-11/h3-6,8,10H,7,9H2,1-2H3,(H,16,21). The van der Waals surface area contributed by atoms with Crippen LogP contribution >= 0.6 is 11.3 Å². The van der Waals surface area contributed by atoms with Crippen LogP contribution < -0.4 is 5.32 Å². The highest BCUT2D eigenvalue weighted by Gasteiger charge is 2.08. The summed E-state index contributed by atoms with van der Waals surface area (Å²) in [6, 6.07) is 7.70. The largest absolute Gasteiger partial charge is 0.347 e. The molecule has 3 aromatic rings. The van der Waals surface area contributed by atoms with E-state index in [0.29, 0.717) is 12.1 Å². The molecular formula is C15H17N5OS. The number of pyridine rings is 1. The van der Waals surface area contributed by atoms with Gasteiger partial charge in [-0.3, -0.25) is 9.20 Å². The highest BCUT2D eigenvalue weighted by atomic mass is 32.1. The van der Waals surface area contributed by atoms with Crippen LogP contribution in [0.5, 0.6) is 0 Å². The van der Waals surface area contributed by atoms with E-state index >= 15 is 0 Å². The van der Waals surface area contributed by atoms with Crippen molar-refractivity contribution in [1.29, 1.82) is 0 Å². The highest BCUT2D eigenvalue weighted by molar-refractivity contribution is 7.11. The van der Waals surface area contributed by atoms with E-state index in [0.717, 1.165) is 17.1 Å². The maximum atomic E-state index is 12.2. The predicted octanol–water partition coefficient (Wildman–Crippen LogP) is 1.78. The van der Waals surface area contributed by atoms with Gasteiger partial charge < -0.3 is 10.2 Å². The topological polar surface area (TPSA) is 62.5 Å². The lowest BCUT2D eigenvalue weighted by Gasteiger charge is -2.06. The Labute approximate surface area is 132 Å². The summed E-state index contributed by atoms with van der Waals surface area (Å²) in [7, 11) is 4.09. The third kappa shape index (κ3) is 3.32. The molecule has 1 amide bonds. The molecule has 0 aliphatic heterocycles. The minimum atomic E-state index is -0.0989. The lowest BCUT2D eigenvalue weighted by molar-refractivity contribution is 0.0951. The Balaban J connectivity index is 1.63. The fourth-order valence-corrected chi connectivity index (χ4v) is 3.22. The molecule has 0 atom stereocenters. The van der Waals surface area contributed by atoms with Crippen molar-refractivity contribution in [2.45, 2.75) is 13.1 Å². The molecule has 0 fully saturated rings. The molecule has 7 heteroatoms. The summed E-state index contributed by atoms with van der Waals surface area (Å²) in [5.41, 5.74) is 1.32. The maximum absolute atomic E-state index is 12.2. The molecule has 114 valence electrons. The predicted molar refractivity (Wildman–Crippen MR) is 85.9 cm³/mol. The second kappa shape index (κ2) is 6.25. The summed E-state index contributed by atoms with van der Waals surface area (Å²) in [4.78, 5) is 16.8. The lowest BCUT2D eigenvalue weighted by atomic mass is 10.2. The number of amides is 1. The molecule has 0 saturated carbocycles. The van der Waals surface area contributed by atoms with Gasteiger partial charge in [0.05, 0.1) is 12.1 Å². The smallest absolute Gasteiger partial charge is 0.253 e. The zero-order chi connectivity index (χ0) is 15.5. The van der Waals surface area contributed by atoms with Gasteiger partial charge in [-0.15, -0.1) is 21.5 Å². The Morgan fingerprint density at radius 2 is 2.09 bits per heavy atom. The van der Waals surface area contributed by atoms with Crippen LogP contribution in [0, 0.1) is 0 Å². The van der Waals surface area contributed by atoms with Gasteiger partial charge in [-0.05, 0) is 38.4 Å². The molecule has 0 aliphatic carbocycles. The zero-order valence-corrected chi connectivity index (χ0v) is 13.3. The second-order valence-corrected chi connectivity index (χ2v) is 6.56. The van der Waals surface area contributed by atoms with Crippen LogP contribution in [0.15, 0.2) is 36.8 Å². The van der Waals surface area contributed by atoms with Crippen LogP contribution in [-0.2, 0) is 13.1 Å². The number of hydrogen-bond donors (Lipinski definition) is 1. The van der Waals surface area contributed by atoms with Crippen LogP contribution in [0.3, 0.4) is 0 Å². The minimum Gasteiger partial charge on any atom is -0.347 e. The molecule has 0 spiro atoms. The molecule has 0 bridgehead atoms. The first kappa shape index (κ1) is 14.7. The molecule has 0 saturated heterocycles. The van der Waals surface area contributed by atoms with Gasteiger partial charge in [0.2, 0.25) is 0 Å². The van der Waals surface area contributed by atoms with Gasteiger partial charge in [0, 0.05) is 22.5 Å². The first-order chi connectivity index (χ1) is 10.6. The van der Waals surface area contributed by atoms with E-state index in [4.69, 9.17) is 0 Å². The minimum absolute atomic E-state index is 0.0989. The number of rotatable bonds is 5. The van der Waals surface area contributed by atoms with Gasteiger partial charge in [0.25, 0.3) is 5.91 Å². The molecule has 3 rings (SSSR count). The van der Waals surface area contributed by atoms with Gasteiger partial charge >= 0.3 is 0 Å². The number of hydrogen-bond acceptors (Lipinski definition) is 5. The number of aromatic nitrogens is 3. The highest BCUT2D eigenvalue weighted by Crippen LogP contribution is 2.17. The quantitative estimate of drug-likeness (QED) is 0.779. The molecule has 22 heavy (non-hydrogen) atoms. The second-order valence-electron chi connectivity index (χ2n) is 5.30. The first-order valence-corrected chi connectivity index (χ1v) is 7.73. The number of carbonyl (C=O) groups is 1. The average molecular weight is 315 g/mol. The molecule has 0 radical (unpaired) electrons. The van der Waals surface area contributed by atoms with E-state index in [-0.39, 0.29) is 5.91 Å². The summed E-state index contributed by atoms with van der Waals surface area (Å²) >= 11 is 1.72. The average Bonchev–Trinajstić information content (AvgIpc) is 3.12. The number of carbonyl (C=O) groups excluding carboxylic acids is 1. The number of nitrogens with one attached hydrogen (secondary N) is 1. The Bertz CT molecular complexity index is 792. The summed E-state index contributed by atoms with van der Waals surface area (Å²) in [5, 5.41) is 10.7. The molecule has 1 N–H and O–H groups in total. The van der Waals surface area contributed by atoms with Crippen molar-refractivity contribution in [2.75, 3.05) is 14.1 Å². The molecule has 0 unspecified atom stereocenters. The van der Waals surface area contributed by atoms with Gasteiger partial charge in [-0.2, -0.15) is 0 Å². The normalized spacial score (nSPS) is 11.2. The third-order valence-corrected chi connectivity index (χ3v) is 4.24. The van der Waals surface area contributed by atoms with Crippen molar-refractivity contribution in [2.24, 2.45) is 0 Å². The molecule has 3 aromatic heterocycles. The first-order valence-electron chi connectivity index (χ1n) is 6.92. The van der Waals surface area contributed by atoms with Crippen molar-refractivity contribution < 1.29 is 4.79 Å². The van der Waals surface area contributed by atoms with Crippen molar-refractivity contribution in [3.63, 3.8) is 0 Å². The summed E-state index contributed by atoms with van der Waals surface area (Å²) < 4.78 is 1.73. The number of nitrogens with zero attached hydrogens (tertiary/aromatic N) is 4. The fraction of sp³-hybridized carbons (Fsp3) is 0.267. The number of fused-ring (bicyclic) bond motifs is 1. The SMILES string of the molecule is CN(C)Cc1ccc(CNC(=O)c2ccc3nncn3c2)s1. The monoisotopic (exact) mass is 315 g/mol.